The van der Waals surface area contributed by atoms with E-state index < -0.39 is 5.82 Å². The summed E-state index contributed by atoms with van der Waals surface area (Å²) in [6.45, 7) is 0.399. The van der Waals surface area contributed by atoms with Crippen molar-refractivity contribution in [2.75, 3.05) is 13.7 Å². The van der Waals surface area contributed by atoms with Gasteiger partial charge in [0.05, 0.1) is 7.11 Å². The van der Waals surface area contributed by atoms with E-state index in [1.807, 2.05) is 0 Å². The molecule has 1 saturated carbocycles. The number of aromatic hydroxyl groups is 1. The largest absolute Gasteiger partial charge is 0.505 e. The molecular weight excluding hydrogens is 197 g/mol. The molecule has 15 heavy (non-hydrogen) atoms. The first-order valence-corrected chi connectivity index (χ1v) is 4.90. The second-order valence-electron chi connectivity index (χ2n) is 3.99. The fourth-order valence-electron chi connectivity index (χ4n) is 1.82. The zero-order valence-electron chi connectivity index (χ0n) is 8.59. The van der Waals surface area contributed by atoms with Crippen LogP contribution in [-0.4, -0.2) is 18.8 Å². The predicted molar refractivity (Wildman–Crippen MR) is 54.6 cm³/mol. The molecule has 0 bridgehead atoms. The van der Waals surface area contributed by atoms with Gasteiger partial charge >= 0.3 is 0 Å². The van der Waals surface area contributed by atoms with E-state index in [1.54, 1.807) is 6.07 Å². The second-order valence-corrected chi connectivity index (χ2v) is 3.99. The molecule has 1 aromatic rings. The molecule has 0 amide bonds. The van der Waals surface area contributed by atoms with Gasteiger partial charge in [-0.3, -0.25) is 0 Å². The number of halogens is 1. The molecule has 0 radical (unpaired) electrons. The average molecular weight is 211 g/mol. The van der Waals surface area contributed by atoms with Gasteiger partial charge in [0.1, 0.15) is 5.75 Å². The fraction of sp³-hybridized carbons (Fsp3) is 0.455. The van der Waals surface area contributed by atoms with Crippen molar-refractivity contribution in [2.24, 2.45) is 5.73 Å². The number of phenolic OH excluding ortho intramolecular Hbond substituents is 1. The monoisotopic (exact) mass is 211 g/mol. The highest BCUT2D eigenvalue weighted by atomic mass is 19.1. The topological polar surface area (TPSA) is 55.5 Å². The SMILES string of the molecule is COc1cc(O)c(F)c(C2(CN)CC2)c1. The van der Waals surface area contributed by atoms with E-state index in [-0.39, 0.29) is 11.2 Å². The third kappa shape index (κ3) is 1.55. The molecule has 1 fully saturated rings. The molecule has 4 heteroatoms. The summed E-state index contributed by atoms with van der Waals surface area (Å²) in [7, 11) is 1.48. The molecule has 3 nitrogen and oxygen atoms in total. The van der Waals surface area contributed by atoms with Crippen LogP contribution in [0.2, 0.25) is 0 Å². The minimum Gasteiger partial charge on any atom is -0.505 e. The van der Waals surface area contributed by atoms with Crippen LogP contribution in [0.1, 0.15) is 18.4 Å². The molecule has 0 atom stereocenters. The van der Waals surface area contributed by atoms with Crippen LogP contribution in [0.25, 0.3) is 0 Å². The molecule has 0 spiro atoms. The normalized spacial score (nSPS) is 17.5. The maximum Gasteiger partial charge on any atom is 0.168 e. The minimum absolute atomic E-state index is 0.282. The summed E-state index contributed by atoms with van der Waals surface area (Å²) < 4.78 is 18.7. The molecule has 0 aliphatic heterocycles. The number of hydrogen-bond acceptors (Lipinski definition) is 3. The summed E-state index contributed by atoms with van der Waals surface area (Å²) in [6.07, 6.45) is 1.74. The summed E-state index contributed by atoms with van der Waals surface area (Å²) in [4.78, 5) is 0. The molecule has 0 aromatic heterocycles. The lowest BCUT2D eigenvalue weighted by atomic mass is 9.95. The van der Waals surface area contributed by atoms with Crippen LogP contribution in [-0.2, 0) is 5.41 Å². The maximum atomic E-state index is 13.7. The van der Waals surface area contributed by atoms with Gasteiger partial charge in [0.2, 0.25) is 0 Å². The lowest BCUT2D eigenvalue weighted by molar-refractivity contribution is 0.391. The first kappa shape index (κ1) is 10.2. The van der Waals surface area contributed by atoms with E-state index in [9.17, 15) is 9.50 Å². The van der Waals surface area contributed by atoms with Gasteiger partial charge in [-0.25, -0.2) is 4.39 Å². The van der Waals surface area contributed by atoms with Crippen LogP contribution in [0.3, 0.4) is 0 Å². The van der Waals surface area contributed by atoms with Gasteiger partial charge in [-0.15, -0.1) is 0 Å². The van der Waals surface area contributed by atoms with Crippen LogP contribution in [0.15, 0.2) is 12.1 Å². The van der Waals surface area contributed by atoms with Gasteiger partial charge < -0.3 is 15.6 Å². The summed E-state index contributed by atoms with van der Waals surface area (Å²) in [5.74, 6) is -0.480. The molecule has 2 rings (SSSR count). The molecule has 3 N–H and O–H groups in total. The molecule has 1 aliphatic rings. The van der Waals surface area contributed by atoms with Gasteiger partial charge in [0.15, 0.2) is 11.6 Å². The minimum atomic E-state index is -0.571. The Balaban J connectivity index is 2.50. The summed E-state index contributed by atoms with van der Waals surface area (Å²) in [5.41, 5.74) is 5.81. The van der Waals surface area contributed by atoms with E-state index >= 15 is 0 Å². The van der Waals surface area contributed by atoms with Crippen LogP contribution in [0.5, 0.6) is 11.5 Å². The van der Waals surface area contributed by atoms with Crippen molar-refractivity contribution < 1.29 is 14.2 Å². The number of benzene rings is 1. The molecule has 1 aliphatic carbocycles. The summed E-state index contributed by atoms with van der Waals surface area (Å²) >= 11 is 0. The summed E-state index contributed by atoms with van der Waals surface area (Å²) in [6, 6.07) is 2.89. The Hall–Kier alpha value is -1.29. The number of methoxy groups -OCH3 is 1. The van der Waals surface area contributed by atoms with Crippen LogP contribution >= 0.6 is 0 Å². The maximum absolute atomic E-state index is 13.7. The van der Waals surface area contributed by atoms with Gasteiger partial charge in [-0.1, -0.05) is 0 Å². The zero-order valence-corrected chi connectivity index (χ0v) is 8.59. The number of rotatable bonds is 3. The van der Waals surface area contributed by atoms with Crippen molar-refractivity contribution in [1.82, 2.24) is 0 Å². The van der Waals surface area contributed by atoms with Crippen molar-refractivity contribution in [3.05, 3.63) is 23.5 Å². The smallest absolute Gasteiger partial charge is 0.168 e. The second kappa shape index (κ2) is 3.38. The Morgan fingerprint density at radius 3 is 2.67 bits per heavy atom. The Morgan fingerprint density at radius 2 is 2.20 bits per heavy atom. The third-order valence-corrected chi connectivity index (χ3v) is 3.08. The first-order valence-electron chi connectivity index (χ1n) is 4.90. The average Bonchev–Trinajstić information content (AvgIpc) is 3.02. The fourth-order valence-corrected chi connectivity index (χ4v) is 1.82. The quantitative estimate of drug-likeness (QED) is 0.797. The van der Waals surface area contributed by atoms with E-state index in [1.165, 1.54) is 13.2 Å². The third-order valence-electron chi connectivity index (χ3n) is 3.08. The zero-order chi connectivity index (χ0) is 11.1. The number of hydrogen-bond donors (Lipinski definition) is 2. The van der Waals surface area contributed by atoms with Gasteiger partial charge in [-0.05, 0) is 18.9 Å². The Morgan fingerprint density at radius 1 is 1.53 bits per heavy atom. The van der Waals surface area contributed by atoms with Crippen LogP contribution in [0.4, 0.5) is 4.39 Å². The highest BCUT2D eigenvalue weighted by Gasteiger charge is 2.45. The molecule has 0 heterocycles. The van der Waals surface area contributed by atoms with E-state index in [0.29, 0.717) is 17.9 Å². The Bertz CT molecular complexity index is 388. The van der Waals surface area contributed by atoms with Gasteiger partial charge in [0.25, 0.3) is 0 Å². The highest BCUT2D eigenvalue weighted by molar-refractivity contribution is 5.45. The number of phenols is 1. The molecular formula is C11H14FNO2. The van der Waals surface area contributed by atoms with Crippen molar-refractivity contribution in [1.29, 1.82) is 0 Å². The Labute approximate surface area is 87.7 Å². The van der Waals surface area contributed by atoms with E-state index in [4.69, 9.17) is 10.5 Å². The lowest BCUT2D eigenvalue weighted by Crippen LogP contribution is -2.21. The highest BCUT2D eigenvalue weighted by Crippen LogP contribution is 2.50. The summed E-state index contributed by atoms with van der Waals surface area (Å²) in [5, 5.41) is 9.40. The van der Waals surface area contributed by atoms with Gasteiger partial charge in [-0.2, -0.15) is 0 Å². The molecule has 1 aromatic carbocycles. The van der Waals surface area contributed by atoms with E-state index in [2.05, 4.69) is 0 Å². The Kier molecular flexibility index (Phi) is 2.31. The first-order chi connectivity index (χ1) is 7.13. The van der Waals surface area contributed by atoms with Crippen LogP contribution < -0.4 is 10.5 Å². The number of nitrogens with two attached hydrogens (primary N) is 1. The lowest BCUT2D eigenvalue weighted by Gasteiger charge is -2.15. The predicted octanol–water partition coefficient (Wildman–Crippen LogP) is 1.53. The molecule has 0 saturated heterocycles. The van der Waals surface area contributed by atoms with E-state index in [0.717, 1.165) is 12.8 Å². The molecule has 0 unspecified atom stereocenters. The van der Waals surface area contributed by atoms with Crippen molar-refractivity contribution in [2.45, 2.75) is 18.3 Å². The van der Waals surface area contributed by atoms with Crippen LogP contribution in [0, 0.1) is 5.82 Å². The van der Waals surface area contributed by atoms with Crippen molar-refractivity contribution >= 4 is 0 Å². The van der Waals surface area contributed by atoms with Crippen molar-refractivity contribution in [3.8, 4) is 11.5 Å². The standard InChI is InChI=1S/C11H14FNO2/c1-15-7-4-8(10(12)9(14)5-7)11(6-13)2-3-11/h4-5,14H,2-3,6,13H2,1H3. The van der Waals surface area contributed by atoms with Gasteiger partial charge in [0, 0.05) is 23.6 Å². The number of ether oxygens (including phenoxy) is 1. The van der Waals surface area contributed by atoms with Crippen molar-refractivity contribution in [3.63, 3.8) is 0 Å². The molecule has 82 valence electrons.